The van der Waals surface area contributed by atoms with E-state index in [0.717, 1.165) is 11.3 Å². The Hall–Kier alpha value is -3.52. The Kier molecular flexibility index (Phi) is 6.29. The van der Waals surface area contributed by atoms with Crippen molar-refractivity contribution in [3.8, 4) is 11.5 Å². The number of benzene rings is 3. The lowest BCUT2D eigenvalue weighted by molar-refractivity contribution is 0.0746. The Morgan fingerprint density at radius 3 is 2.24 bits per heavy atom. The van der Waals surface area contributed by atoms with E-state index in [1.165, 1.54) is 12.1 Å². The predicted octanol–water partition coefficient (Wildman–Crippen LogP) is 3.74. The first-order valence-electron chi connectivity index (χ1n) is 10.7. The number of rotatable bonds is 5. The highest BCUT2D eigenvalue weighted by Gasteiger charge is 2.24. The molecule has 172 valence electrons. The third-order valence-corrected chi connectivity index (χ3v) is 7.10. The summed E-state index contributed by atoms with van der Waals surface area (Å²) < 4.78 is 30.7. The zero-order chi connectivity index (χ0) is 23.6. The highest BCUT2D eigenvalue weighted by atomic mass is 32.2. The minimum atomic E-state index is -3.98. The van der Waals surface area contributed by atoms with Crippen molar-refractivity contribution in [3.05, 3.63) is 83.4 Å². The van der Waals surface area contributed by atoms with E-state index in [0.29, 0.717) is 37.3 Å². The lowest BCUT2D eigenvalue weighted by atomic mass is 10.1. The number of phenolic OH excluding ortho intramolecular Hbond substituents is 1. The fourth-order valence-electron chi connectivity index (χ4n) is 3.87. The van der Waals surface area contributed by atoms with Crippen LogP contribution in [0.1, 0.15) is 21.5 Å². The summed E-state index contributed by atoms with van der Waals surface area (Å²) in [5.41, 5.74) is 2.65. The fraction of sp³-hybridized carbons (Fsp3) is 0.240. The highest BCUT2D eigenvalue weighted by Crippen LogP contribution is 2.28. The number of aryl methyl sites for hydroxylation is 2. The lowest BCUT2D eigenvalue weighted by Gasteiger charge is -2.36. The molecule has 4 rings (SSSR count). The number of carbonyl (C=O) groups excluding carboxylic acids is 1. The molecule has 0 spiro atoms. The number of carbonyl (C=O) groups is 1. The molecule has 0 bridgehead atoms. The first-order valence-corrected chi connectivity index (χ1v) is 12.1. The quantitative estimate of drug-likeness (QED) is 0.577. The van der Waals surface area contributed by atoms with Crippen molar-refractivity contribution in [2.75, 3.05) is 31.1 Å². The second kappa shape index (κ2) is 9.15. The molecular weight excluding hydrogens is 440 g/mol. The molecule has 3 aromatic carbocycles. The average molecular weight is 467 g/mol. The van der Waals surface area contributed by atoms with E-state index in [2.05, 4.69) is 0 Å². The van der Waals surface area contributed by atoms with Crippen LogP contribution in [-0.2, 0) is 10.1 Å². The molecule has 1 N–H and O–H groups in total. The van der Waals surface area contributed by atoms with Gasteiger partial charge in [-0.25, -0.2) is 0 Å². The Balaban J connectivity index is 1.41. The number of piperazine rings is 1. The Labute approximate surface area is 194 Å². The summed E-state index contributed by atoms with van der Waals surface area (Å²) in [5.74, 6) is 0.247. The number of para-hydroxylation sites is 2. The standard InChI is InChI=1S/C25H26N2O5S/c1-18-7-8-19(2)24(17-18)33(30,31)32-21-11-9-20(10-12-21)25(29)27-15-13-26(14-16-27)22-5-3-4-6-23(22)28/h3-12,17,28H,13-16H2,1-2H3. The number of anilines is 1. The minimum absolute atomic E-state index is 0.129. The first-order chi connectivity index (χ1) is 15.7. The van der Waals surface area contributed by atoms with Crippen molar-refractivity contribution >= 4 is 21.7 Å². The molecule has 3 aromatic rings. The Bertz CT molecular complexity index is 1260. The summed E-state index contributed by atoms with van der Waals surface area (Å²) in [6, 6.07) is 18.5. The topological polar surface area (TPSA) is 87.2 Å². The molecule has 33 heavy (non-hydrogen) atoms. The van der Waals surface area contributed by atoms with Crippen molar-refractivity contribution in [1.29, 1.82) is 0 Å². The van der Waals surface area contributed by atoms with Crippen LogP contribution in [0.3, 0.4) is 0 Å². The van der Waals surface area contributed by atoms with Crippen molar-refractivity contribution in [3.63, 3.8) is 0 Å². The maximum absolute atomic E-state index is 12.9. The van der Waals surface area contributed by atoms with E-state index in [4.69, 9.17) is 4.18 Å². The normalized spacial score (nSPS) is 14.2. The van der Waals surface area contributed by atoms with Crippen LogP contribution in [0.2, 0.25) is 0 Å². The van der Waals surface area contributed by atoms with Gasteiger partial charge in [-0.05, 0) is 67.4 Å². The molecule has 7 nitrogen and oxygen atoms in total. The van der Waals surface area contributed by atoms with Crippen LogP contribution in [0.5, 0.6) is 11.5 Å². The van der Waals surface area contributed by atoms with Crippen molar-refractivity contribution in [2.45, 2.75) is 18.7 Å². The summed E-state index contributed by atoms with van der Waals surface area (Å²) >= 11 is 0. The van der Waals surface area contributed by atoms with Gasteiger partial charge < -0.3 is 19.1 Å². The van der Waals surface area contributed by atoms with Gasteiger partial charge in [-0.3, -0.25) is 4.79 Å². The molecule has 0 aromatic heterocycles. The molecule has 0 radical (unpaired) electrons. The van der Waals surface area contributed by atoms with E-state index in [1.807, 2.05) is 30.0 Å². The van der Waals surface area contributed by atoms with Crippen LogP contribution >= 0.6 is 0 Å². The van der Waals surface area contributed by atoms with E-state index in [-0.39, 0.29) is 22.3 Å². The highest BCUT2D eigenvalue weighted by molar-refractivity contribution is 7.87. The first kappa shape index (κ1) is 22.7. The van der Waals surface area contributed by atoms with E-state index < -0.39 is 10.1 Å². The molecule has 1 heterocycles. The summed E-state index contributed by atoms with van der Waals surface area (Å²) in [5, 5.41) is 10.0. The predicted molar refractivity (Wildman–Crippen MR) is 126 cm³/mol. The smallest absolute Gasteiger partial charge is 0.339 e. The van der Waals surface area contributed by atoms with E-state index in [1.54, 1.807) is 48.2 Å². The maximum Gasteiger partial charge on any atom is 0.339 e. The molecule has 1 saturated heterocycles. The summed E-state index contributed by atoms with van der Waals surface area (Å²) in [6.07, 6.45) is 0. The molecular formula is C25H26N2O5S. The van der Waals surface area contributed by atoms with Crippen molar-refractivity contribution in [1.82, 2.24) is 4.90 Å². The van der Waals surface area contributed by atoms with Gasteiger partial charge in [-0.2, -0.15) is 8.42 Å². The molecule has 0 unspecified atom stereocenters. The van der Waals surface area contributed by atoms with Gasteiger partial charge in [-0.1, -0.05) is 24.3 Å². The number of aromatic hydroxyl groups is 1. The summed E-state index contributed by atoms with van der Waals surface area (Å²) in [6.45, 7) is 5.80. The third-order valence-electron chi connectivity index (χ3n) is 5.71. The largest absolute Gasteiger partial charge is 0.506 e. The maximum atomic E-state index is 12.9. The van der Waals surface area contributed by atoms with Gasteiger partial charge in [0.2, 0.25) is 0 Å². The summed E-state index contributed by atoms with van der Waals surface area (Å²) in [7, 11) is -3.98. The van der Waals surface area contributed by atoms with Crippen LogP contribution in [0.15, 0.2) is 71.6 Å². The molecule has 1 aliphatic heterocycles. The van der Waals surface area contributed by atoms with Gasteiger partial charge in [0.05, 0.1) is 5.69 Å². The van der Waals surface area contributed by atoms with Gasteiger partial charge in [0, 0.05) is 31.7 Å². The fourth-order valence-corrected chi connectivity index (χ4v) is 5.11. The third kappa shape index (κ3) is 4.96. The minimum Gasteiger partial charge on any atom is -0.506 e. The number of hydrogen-bond acceptors (Lipinski definition) is 6. The van der Waals surface area contributed by atoms with E-state index in [9.17, 15) is 18.3 Å². The van der Waals surface area contributed by atoms with Crippen LogP contribution < -0.4 is 9.08 Å². The molecule has 8 heteroatoms. The summed E-state index contributed by atoms with van der Waals surface area (Å²) in [4.78, 5) is 16.8. The molecule has 1 fully saturated rings. The number of nitrogens with zero attached hydrogens (tertiary/aromatic N) is 2. The van der Waals surface area contributed by atoms with Crippen LogP contribution in [0, 0.1) is 13.8 Å². The van der Waals surface area contributed by atoms with Gasteiger partial charge in [0.15, 0.2) is 0 Å². The molecule has 1 aliphatic rings. The average Bonchev–Trinajstić information content (AvgIpc) is 2.81. The Morgan fingerprint density at radius 1 is 0.909 bits per heavy atom. The lowest BCUT2D eigenvalue weighted by Crippen LogP contribution is -2.48. The zero-order valence-corrected chi connectivity index (χ0v) is 19.4. The van der Waals surface area contributed by atoms with Crippen LogP contribution in [0.4, 0.5) is 5.69 Å². The monoisotopic (exact) mass is 466 g/mol. The zero-order valence-electron chi connectivity index (χ0n) is 18.6. The Morgan fingerprint density at radius 2 is 1.58 bits per heavy atom. The second-order valence-corrected chi connectivity index (χ2v) is 9.61. The van der Waals surface area contributed by atoms with Gasteiger partial charge >= 0.3 is 10.1 Å². The van der Waals surface area contributed by atoms with Gasteiger partial charge in [0.25, 0.3) is 5.91 Å². The molecule has 0 atom stereocenters. The van der Waals surface area contributed by atoms with E-state index >= 15 is 0 Å². The number of hydrogen-bond donors (Lipinski definition) is 1. The molecule has 0 saturated carbocycles. The second-order valence-electron chi connectivity index (χ2n) is 8.10. The van der Waals surface area contributed by atoms with Crippen molar-refractivity contribution in [2.24, 2.45) is 0 Å². The van der Waals surface area contributed by atoms with Crippen molar-refractivity contribution < 1.29 is 22.5 Å². The van der Waals surface area contributed by atoms with Gasteiger partial charge in [0.1, 0.15) is 16.4 Å². The van der Waals surface area contributed by atoms with Gasteiger partial charge in [-0.15, -0.1) is 0 Å². The number of phenols is 1. The molecule has 0 aliphatic carbocycles. The SMILES string of the molecule is Cc1ccc(C)c(S(=O)(=O)Oc2ccc(C(=O)N3CCN(c4ccccc4O)CC3)cc2)c1. The molecule has 1 amide bonds. The van der Waals surface area contributed by atoms with Crippen LogP contribution in [0.25, 0.3) is 0 Å². The van der Waals surface area contributed by atoms with Crippen LogP contribution in [-0.4, -0.2) is 50.5 Å². The number of amides is 1.